The van der Waals surface area contributed by atoms with Gasteiger partial charge in [-0.1, -0.05) is 13.8 Å². The molecule has 0 radical (unpaired) electrons. The Morgan fingerprint density at radius 1 is 1.21 bits per heavy atom. The molecular formula is C15H31NO3. The standard InChI is InChI=1S/C15H31NO3/c1-5-8-16-13-10-14(15(13)18-9-6-2)19-12(4)11-17-7-3/h12-16H,5-11H2,1-4H3. The minimum Gasteiger partial charge on any atom is -0.379 e. The first kappa shape index (κ1) is 16.9. The van der Waals surface area contributed by atoms with Crippen LogP contribution in [0.1, 0.15) is 47.0 Å². The number of ether oxygens (including phenoxy) is 3. The molecule has 19 heavy (non-hydrogen) atoms. The molecule has 1 aliphatic rings. The topological polar surface area (TPSA) is 39.7 Å². The monoisotopic (exact) mass is 273 g/mol. The summed E-state index contributed by atoms with van der Waals surface area (Å²) in [6, 6.07) is 0.454. The second-order valence-electron chi connectivity index (χ2n) is 5.28. The smallest absolute Gasteiger partial charge is 0.0990 e. The summed E-state index contributed by atoms with van der Waals surface area (Å²) in [5, 5.41) is 3.54. The lowest BCUT2D eigenvalue weighted by molar-refractivity contribution is -0.173. The van der Waals surface area contributed by atoms with E-state index in [1.54, 1.807) is 0 Å². The van der Waals surface area contributed by atoms with Crippen molar-refractivity contribution in [3.8, 4) is 0 Å². The number of hydrogen-bond acceptors (Lipinski definition) is 4. The molecule has 1 N–H and O–H groups in total. The van der Waals surface area contributed by atoms with Gasteiger partial charge in [-0.15, -0.1) is 0 Å². The maximum absolute atomic E-state index is 6.02. The average Bonchev–Trinajstić information content (AvgIpc) is 2.40. The van der Waals surface area contributed by atoms with Gasteiger partial charge in [0.1, 0.15) is 0 Å². The molecule has 1 saturated carbocycles. The molecule has 0 aromatic rings. The molecule has 0 aliphatic heterocycles. The van der Waals surface area contributed by atoms with Gasteiger partial charge in [0.15, 0.2) is 0 Å². The molecule has 0 amide bonds. The summed E-state index contributed by atoms with van der Waals surface area (Å²) in [5.41, 5.74) is 0. The van der Waals surface area contributed by atoms with E-state index in [0.717, 1.165) is 39.0 Å². The van der Waals surface area contributed by atoms with Crippen LogP contribution in [0.3, 0.4) is 0 Å². The fourth-order valence-corrected chi connectivity index (χ4v) is 2.34. The SMILES string of the molecule is CCCNC1CC(OC(C)COCC)C1OCCC. The summed E-state index contributed by atoms with van der Waals surface area (Å²) in [5.74, 6) is 0. The molecule has 4 nitrogen and oxygen atoms in total. The first-order valence-electron chi connectivity index (χ1n) is 7.81. The van der Waals surface area contributed by atoms with Crippen LogP contribution in [0.25, 0.3) is 0 Å². The van der Waals surface area contributed by atoms with E-state index in [-0.39, 0.29) is 18.3 Å². The average molecular weight is 273 g/mol. The molecule has 0 aromatic carbocycles. The fraction of sp³-hybridized carbons (Fsp3) is 1.00. The summed E-state index contributed by atoms with van der Waals surface area (Å²) in [4.78, 5) is 0. The van der Waals surface area contributed by atoms with E-state index >= 15 is 0 Å². The lowest BCUT2D eigenvalue weighted by atomic mass is 9.85. The van der Waals surface area contributed by atoms with Crippen LogP contribution in [0.5, 0.6) is 0 Å². The Balaban J connectivity index is 2.31. The lowest BCUT2D eigenvalue weighted by Gasteiger charge is -2.45. The van der Waals surface area contributed by atoms with Crippen molar-refractivity contribution in [2.45, 2.75) is 71.3 Å². The third-order valence-corrected chi connectivity index (χ3v) is 3.38. The summed E-state index contributed by atoms with van der Waals surface area (Å²) in [6.07, 6.45) is 3.82. The highest BCUT2D eigenvalue weighted by atomic mass is 16.6. The van der Waals surface area contributed by atoms with E-state index in [2.05, 4.69) is 26.1 Å². The zero-order valence-corrected chi connectivity index (χ0v) is 13.0. The second kappa shape index (κ2) is 9.70. The quantitative estimate of drug-likeness (QED) is 0.627. The predicted molar refractivity (Wildman–Crippen MR) is 77.6 cm³/mol. The predicted octanol–water partition coefficient (Wildman–Crippen LogP) is 2.36. The molecular weight excluding hydrogens is 242 g/mol. The fourth-order valence-electron chi connectivity index (χ4n) is 2.34. The molecule has 0 heterocycles. The lowest BCUT2D eigenvalue weighted by Crippen LogP contribution is -2.61. The molecule has 114 valence electrons. The minimum absolute atomic E-state index is 0.143. The number of nitrogens with one attached hydrogen (secondary N) is 1. The van der Waals surface area contributed by atoms with Crippen LogP contribution in [0.15, 0.2) is 0 Å². The van der Waals surface area contributed by atoms with Gasteiger partial charge in [0.25, 0.3) is 0 Å². The van der Waals surface area contributed by atoms with Crippen LogP contribution in [0.2, 0.25) is 0 Å². The molecule has 1 fully saturated rings. The first-order valence-corrected chi connectivity index (χ1v) is 7.81. The number of rotatable bonds is 11. The summed E-state index contributed by atoms with van der Waals surface area (Å²) >= 11 is 0. The van der Waals surface area contributed by atoms with Crippen LogP contribution in [0.4, 0.5) is 0 Å². The third-order valence-electron chi connectivity index (χ3n) is 3.38. The van der Waals surface area contributed by atoms with Gasteiger partial charge >= 0.3 is 0 Å². The molecule has 0 aromatic heterocycles. The summed E-state index contributed by atoms with van der Waals surface area (Å²) < 4.78 is 17.3. The minimum atomic E-state index is 0.143. The van der Waals surface area contributed by atoms with Crippen LogP contribution < -0.4 is 5.32 Å². The Morgan fingerprint density at radius 2 is 2.00 bits per heavy atom. The number of hydrogen-bond donors (Lipinski definition) is 1. The van der Waals surface area contributed by atoms with Crippen molar-refractivity contribution in [2.24, 2.45) is 0 Å². The van der Waals surface area contributed by atoms with Crippen molar-refractivity contribution in [1.82, 2.24) is 5.32 Å². The normalized spacial score (nSPS) is 28.1. The van der Waals surface area contributed by atoms with Crippen molar-refractivity contribution in [3.63, 3.8) is 0 Å². The highest BCUT2D eigenvalue weighted by Crippen LogP contribution is 2.28. The van der Waals surface area contributed by atoms with Crippen molar-refractivity contribution >= 4 is 0 Å². The van der Waals surface area contributed by atoms with E-state index in [1.165, 1.54) is 0 Å². The Labute approximate surface area is 118 Å². The van der Waals surface area contributed by atoms with Gasteiger partial charge in [-0.25, -0.2) is 0 Å². The van der Waals surface area contributed by atoms with Crippen LogP contribution >= 0.6 is 0 Å². The van der Waals surface area contributed by atoms with Crippen LogP contribution in [-0.2, 0) is 14.2 Å². The highest BCUT2D eigenvalue weighted by molar-refractivity contribution is 4.97. The van der Waals surface area contributed by atoms with E-state index in [1.807, 2.05) is 6.92 Å². The Kier molecular flexibility index (Phi) is 8.62. The molecule has 1 aliphatic carbocycles. The van der Waals surface area contributed by atoms with Gasteiger partial charge < -0.3 is 19.5 Å². The molecule has 0 saturated heterocycles. The van der Waals surface area contributed by atoms with Gasteiger partial charge in [-0.2, -0.15) is 0 Å². The molecule has 4 heteroatoms. The summed E-state index contributed by atoms with van der Waals surface area (Å²) in [7, 11) is 0. The van der Waals surface area contributed by atoms with E-state index in [0.29, 0.717) is 12.6 Å². The highest BCUT2D eigenvalue weighted by Gasteiger charge is 2.43. The van der Waals surface area contributed by atoms with E-state index < -0.39 is 0 Å². The van der Waals surface area contributed by atoms with E-state index in [4.69, 9.17) is 14.2 Å². The van der Waals surface area contributed by atoms with Crippen molar-refractivity contribution in [3.05, 3.63) is 0 Å². The molecule has 1 rings (SSSR count). The van der Waals surface area contributed by atoms with Gasteiger partial charge in [0, 0.05) is 19.3 Å². The molecule has 0 bridgehead atoms. The second-order valence-corrected chi connectivity index (χ2v) is 5.28. The van der Waals surface area contributed by atoms with Gasteiger partial charge in [-0.3, -0.25) is 0 Å². The van der Waals surface area contributed by atoms with Crippen LogP contribution in [0, 0.1) is 0 Å². The summed E-state index contributed by atoms with van der Waals surface area (Å²) in [6.45, 7) is 11.7. The largest absolute Gasteiger partial charge is 0.379 e. The van der Waals surface area contributed by atoms with Crippen molar-refractivity contribution < 1.29 is 14.2 Å². The Bertz CT molecular complexity index is 225. The van der Waals surface area contributed by atoms with E-state index in [9.17, 15) is 0 Å². The zero-order chi connectivity index (χ0) is 14.1. The molecule has 4 atom stereocenters. The Hall–Kier alpha value is -0.160. The zero-order valence-electron chi connectivity index (χ0n) is 13.0. The van der Waals surface area contributed by atoms with Gasteiger partial charge in [0.05, 0.1) is 24.9 Å². The van der Waals surface area contributed by atoms with Crippen molar-refractivity contribution in [2.75, 3.05) is 26.4 Å². The maximum Gasteiger partial charge on any atom is 0.0990 e. The molecule has 4 unspecified atom stereocenters. The van der Waals surface area contributed by atoms with Crippen LogP contribution in [-0.4, -0.2) is 50.7 Å². The van der Waals surface area contributed by atoms with Gasteiger partial charge in [0.2, 0.25) is 0 Å². The Morgan fingerprint density at radius 3 is 2.63 bits per heavy atom. The first-order chi connectivity index (χ1) is 9.22. The van der Waals surface area contributed by atoms with Gasteiger partial charge in [-0.05, 0) is 39.7 Å². The van der Waals surface area contributed by atoms with Crippen molar-refractivity contribution in [1.29, 1.82) is 0 Å². The molecule has 0 spiro atoms. The third kappa shape index (κ3) is 5.78. The maximum atomic E-state index is 6.02.